The molecule has 0 saturated carbocycles. The lowest BCUT2D eigenvalue weighted by Crippen LogP contribution is -2.19. The van der Waals surface area contributed by atoms with Gasteiger partial charge >= 0.3 is 5.97 Å². The normalized spacial score (nSPS) is 10.8. The number of benzene rings is 3. The molecule has 31 heavy (non-hydrogen) atoms. The van der Waals surface area contributed by atoms with Gasteiger partial charge in [-0.05, 0) is 55.0 Å². The Kier molecular flexibility index (Phi) is 5.85. The fraction of sp³-hybridized carbons (Fsp3) is 0.154. The van der Waals surface area contributed by atoms with Crippen LogP contribution in [0, 0.1) is 13.8 Å². The maximum absolute atomic E-state index is 12.7. The molecule has 4 aromatic rings. The van der Waals surface area contributed by atoms with E-state index < -0.39 is 5.97 Å². The summed E-state index contributed by atoms with van der Waals surface area (Å²) in [5.41, 5.74) is 3.29. The first-order valence-electron chi connectivity index (χ1n) is 10.1. The smallest absolute Gasteiger partial charge is 0.344 e. The Morgan fingerprint density at radius 3 is 2.29 bits per heavy atom. The number of nitrogens with zero attached hydrogens (tertiary/aromatic N) is 1. The molecular formula is C26H23NO4. The molecule has 0 N–H and O–H groups in total. The van der Waals surface area contributed by atoms with Gasteiger partial charge < -0.3 is 14.0 Å². The minimum Gasteiger partial charge on any atom is -0.482 e. The van der Waals surface area contributed by atoms with E-state index in [9.17, 15) is 9.59 Å². The molecule has 0 saturated heterocycles. The first kappa shape index (κ1) is 20.4. The molecule has 156 valence electrons. The molecule has 4 rings (SSSR count). The molecule has 0 amide bonds. The van der Waals surface area contributed by atoms with Gasteiger partial charge in [0, 0.05) is 22.6 Å². The lowest BCUT2D eigenvalue weighted by Gasteiger charge is -2.10. The second-order valence-electron chi connectivity index (χ2n) is 7.34. The maximum Gasteiger partial charge on any atom is 0.344 e. The molecule has 1 heterocycles. The van der Waals surface area contributed by atoms with Crippen molar-refractivity contribution in [2.75, 3.05) is 13.2 Å². The van der Waals surface area contributed by atoms with Crippen molar-refractivity contribution in [2.24, 2.45) is 0 Å². The maximum atomic E-state index is 12.7. The molecule has 5 nitrogen and oxygen atoms in total. The van der Waals surface area contributed by atoms with Crippen LogP contribution in [0.3, 0.4) is 0 Å². The zero-order valence-electron chi connectivity index (χ0n) is 17.5. The molecule has 0 aliphatic rings. The highest BCUT2D eigenvalue weighted by Crippen LogP contribution is 2.22. The SMILES string of the molecule is Cc1cc(C(=O)COC(=O)COc2ccc3ccccc3c2)c(C)n1-c1ccccc1. The van der Waals surface area contributed by atoms with E-state index in [-0.39, 0.29) is 19.0 Å². The first-order chi connectivity index (χ1) is 15.0. The minimum absolute atomic E-state index is 0.241. The van der Waals surface area contributed by atoms with Gasteiger partial charge in [-0.1, -0.05) is 48.5 Å². The van der Waals surface area contributed by atoms with Crippen molar-refractivity contribution in [1.29, 1.82) is 0 Å². The lowest BCUT2D eigenvalue weighted by atomic mass is 10.1. The van der Waals surface area contributed by atoms with Gasteiger partial charge in [0.1, 0.15) is 5.75 Å². The number of hydrogen-bond donors (Lipinski definition) is 0. The van der Waals surface area contributed by atoms with Crippen LogP contribution in [0.15, 0.2) is 78.9 Å². The highest BCUT2D eigenvalue weighted by Gasteiger charge is 2.18. The van der Waals surface area contributed by atoms with E-state index in [4.69, 9.17) is 9.47 Å². The van der Waals surface area contributed by atoms with Gasteiger partial charge in [0.05, 0.1) is 0 Å². The largest absolute Gasteiger partial charge is 0.482 e. The summed E-state index contributed by atoms with van der Waals surface area (Å²) in [6.45, 7) is 3.26. The number of para-hydroxylation sites is 1. The Hall–Kier alpha value is -3.86. The Morgan fingerprint density at radius 2 is 1.52 bits per heavy atom. The summed E-state index contributed by atoms with van der Waals surface area (Å²) in [6, 6.07) is 25.1. The standard InChI is InChI=1S/C26H23NO4/c1-18-14-24(19(2)27(18)22-10-4-3-5-11-22)25(28)16-31-26(29)17-30-23-13-12-20-8-6-7-9-21(20)15-23/h3-15H,16-17H2,1-2H3. The average Bonchev–Trinajstić information content (AvgIpc) is 3.10. The summed E-state index contributed by atoms with van der Waals surface area (Å²) in [6.07, 6.45) is 0. The number of Topliss-reactive ketones (excluding diaryl/α,β-unsaturated/α-hetero) is 1. The van der Waals surface area contributed by atoms with Gasteiger partial charge in [-0.15, -0.1) is 0 Å². The van der Waals surface area contributed by atoms with Gasteiger partial charge in [0.2, 0.25) is 5.78 Å². The van der Waals surface area contributed by atoms with Crippen molar-refractivity contribution in [3.8, 4) is 11.4 Å². The number of esters is 1. The second-order valence-corrected chi connectivity index (χ2v) is 7.34. The van der Waals surface area contributed by atoms with E-state index in [0.29, 0.717) is 11.3 Å². The number of ketones is 1. The molecule has 1 aromatic heterocycles. The van der Waals surface area contributed by atoms with Gasteiger partial charge in [-0.3, -0.25) is 4.79 Å². The van der Waals surface area contributed by atoms with Crippen LogP contribution in [0.4, 0.5) is 0 Å². The lowest BCUT2D eigenvalue weighted by molar-refractivity contribution is -0.144. The Bertz CT molecular complexity index is 1240. The van der Waals surface area contributed by atoms with Crippen LogP contribution >= 0.6 is 0 Å². The van der Waals surface area contributed by atoms with Gasteiger partial charge in [-0.25, -0.2) is 4.79 Å². The van der Waals surface area contributed by atoms with E-state index in [1.54, 1.807) is 6.07 Å². The molecule has 0 radical (unpaired) electrons. The summed E-state index contributed by atoms with van der Waals surface area (Å²) in [7, 11) is 0. The highest BCUT2D eigenvalue weighted by atomic mass is 16.6. The van der Waals surface area contributed by atoms with Crippen LogP contribution in [0.2, 0.25) is 0 Å². The predicted molar refractivity (Wildman–Crippen MR) is 120 cm³/mol. The summed E-state index contributed by atoms with van der Waals surface area (Å²) in [4.78, 5) is 24.7. The first-order valence-corrected chi connectivity index (χ1v) is 10.1. The molecule has 0 aliphatic heterocycles. The number of carbonyl (C=O) groups is 2. The number of rotatable bonds is 7. The van der Waals surface area contributed by atoms with E-state index in [2.05, 4.69) is 0 Å². The van der Waals surface area contributed by atoms with E-state index >= 15 is 0 Å². The average molecular weight is 413 g/mol. The summed E-state index contributed by atoms with van der Waals surface area (Å²) < 4.78 is 12.7. The van der Waals surface area contributed by atoms with Crippen molar-refractivity contribution >= 4 is 22.5 Å². The van der Waals surface area contributed by atoms with E-state index in [1.165, 1.54) is 0 Å². The molecular weight excluding hydrogens is 390 g/mol. The quantitative estimate of drug-likeness (QED) is 0.314. The monoisotopic (exact) mass is 413 g/mol. The molecule has 0 spiro atoms. The minimum atomic E-state index is -0.585. The van der Waals surface area contributed by atoms with Crippen LogP contribution in [-0.4, -0.2) is 29.5 Å². The number of hydrogen-bond acceptors (Lipinski definition) is 4. The van der Waals surface area contributed by atoms with Crippen molar-refractivity contribution in [1.82, 2.24) is 4.57 Å². The molecule has 0 fully saturated rings. The van der Waals surface area contributed by atoms with Crippen LogP contribution in [0.5, 0.6) is 5.75 Å². The van der Waals surface area contributed by atoms with Gasteiger partial charge in [0.25, 0.3) is 0 Å². The van der Waals surface area contributed by atoms with Gasteiger partial charge in [-0.2, -0.15) is 0 Å². The number of aryl methyl sites for hydroxylation is 1. The number of fused-ring (bicyclic) bond motifs is 1. The number of aromatic nitrogens is 1. The third-order valence-corrected chi connectivity index (χ3v) is 5.19. The molecule has 0 unspecified atom stereocenters. The third kappa shape index (κ3) is 4.51. The molecule has 0 aliphatic carbocycles. The van der Waals surface area contributed by atoms with Crippen LogP contribution in [0.25, 0.3) is 16.5 Å². The van der Waals surface area contributed by atoms with Crippen molar-refractivity contribution in [3.63, 3.8) is 0 Å². The molecule has 0 bridgehead atoms. The third-order valence-electron chi connectivity index (χ3n) is 5.19. The number of carbonyl (C=O) groups excluding carboxylic acids is 2. The Labute approximate surface area is 180 Å². The van der Waals surface area contributed by atoms with E-state index in [1.807, 2.05) is 91.2 Å². The zero-order chi connectivity index (χ0) is 21.8. The van der Waals surface area contributed by atoms with Crippen molar-refractivity contribution in [2.45, 2.75) is 13.8 Å². The fourth-order valence-electron chi connectivity index (χ4n) is 3.68. The summed E-state index contributed by atoms with van der Waals surface area (Å²) >= 11 is 0. The Balaban J connectivity index is 1.35. The number of ether oxygens (including phenoxy) is 2. The van der Waals surface area contributed by atoms with Crippen molar-refractivity contribution in [3.05, 3.63) is 95.8 Å². The Morgan fingerprint density at radius 1 is 0.806 bits per heavy atom. The topological polar surface area (TPSA) is 57.5 Å². The summed E-state index contributed by atoms with van der Waals surface area (Å²) in [5, 5.41) is 2.12. The second kappa shape index (κ2) is 8.88. The van der Waals surface area contributed by atoms with Crippen LogP contribution < -0.4 is 4.74 Å². The molecule has 0 atom stereocenters. The molecule has 5 heteroatoms. The summed E-state index contributed by atoms with van der Waals surface area (Å²) in [5.74, 6) is -0.249. The predicted octanol–water partition coefficient (Wildman–Crippen LogP) is 5.05. The van der Waals surface area contributed by atoms with Crippen LogP contribution in [0.1, 0.15) is 21.7 Å². The van der Waals surface area contributed by atoms with Gasteiger partial charge in [0.15, 0.2) is 13.2 Å². The van der Waals surface area contributed by atoms with E-state index in [0.717, 1.165) is 27.8 Å². The zero-order valence-corrected chi connectivity index (χ0v) is 17.5. The highest BCUT2D eigenvalue weighted by molar-refractivity contribution is 5.99. The van der Waals surface area contributed by atoms with Crippen LogP contribution in [-0.2, 0) is 9.53 Å². The van der Waals surface area contributed by atoms with Crippen molar-refractivity contribution < 1.29 is 19.1 Å². The molecule has 3 aromatic carbocycles. The fourth-order valence-corrected chi connectivity index (χ4v) is 3.68.